The van der Waals surface area contributed by atoms with Crippen molar-refractivity contribution in [2.24, 2.45) is 11.8 Å². The highest BCUT2D eigenvalue weighted by molar-refractivity contribution is 5.75. The second-order valence-electron chi connectivity index (χ2n) is 7.73. The third kappa shape index (κ3) is 3.26. The van der Waals surface area contributed by atoms with Crippen molar-refractivity contribution in [2.45, 2.75) is 70.1 Å². The molecule has 0 spiro atoms. The maximum Gasteiger partial charge on any atom is 0.130 e. The predicted molar refractivity (Wildman–Crippen MR) is 87.6 cm³/mol. The summed E-state index contributed by atoms with van der Waals surface area (Å²) >= 11 is 0. The first-order chi connectivity index (χ1) is 11.7. The number of aromatic nitrogens is 3. The number of hydrogen-bond acceptors (Lipinski definition) is 5. The van der Waals surface area contributed by atoms with Crippen LogP contribution in [0.4, 0.5) is 0 Å². The predicted octanol–water partition coefficient (Wildman–Crippen LogP) is 2.33. The number of fused-ring (bicyclic) bond motifs is 1. The maximum absolute atomic E-state index is 11.4. The summed E-state index contributed by atoms with van der Waals surface area (Å²) < 4.78 is 13.8. The summed E-state index contributed by atoms with van der Waals surface area (Å²) in [4.78, 5) is 11.4. The van der Waals surface area contributed by atoms with Crippen LogP contribution in [0.25, 0.3) is 0 Å². The molecule has 0 amide bonds. The van der Waals surface area contributed by atoms with E-state index in [0.29, 0.717) is 19.6 Å². The summed E-state index contributed by atoms with van der Waals surface area (Å²) in [7, 11) is 0. The lowest BCUT2D eigenvalue weighted by molar-refractivity contribution is -0.118. The van der Waals surface area contributed by atoms with Gasteiger partial charge in [-0.2, -0.15) is 0 Å². The van der Waals surface area contributed by atoms with Crippen molar-refractivity contribution < 1.29 is 14.3 Å². The minimum atomic E-state index is -0.00131. The van der Waals surface area contributed by atoms with Gasteiger partial charge in [-0.1, -0.05) is 37.3 Å². The van der Waals surface area contributed by atoms with Crippen LogP contribution in [0, 0.1) is 11.8 Å². The molecule has 4 atom stereocenters. The molecule has 6 heteroatoms. The molecule has 0 aromatic carbocycles. The van der Waals surface area contributed by atoms with Crippen LogP contribution in [-0.2, 0) is 20.7 Å². The topological polar surface area (TPSA) is 66.2 Å². The summed E-state index contributed by atoms with van der Waals surface area (Å²) in [5.41, 5.74) is 1.09. The van der Waals surface area contributed by atoms with Crippen LogP contribution in [0.15, 0.2) is 6.20 Å². The van der Waals surface area contributed by atoms with Crippen molar-refractivity contribution in [3.8, 4) is 0 Å². The molecule has 2 aliphatic heterocycles. The molecule has 3 heterocycles. The monoisotopic (exact) mass is 333 g/mol. The fourth-order valence-electron chi connectivity index (χ4n) is 4.59. The van der Waals surface area contributed by atoms with Crippen LogP contribution in [0.3, 0.4) is 0 Å². The van der Waals surface area contributed by atoms with Crippen molar-refractivity contribution in [3.63, 3.8) is 0 Å². The quantitative estimate of drug-likeness (QED) is 0.827. The molecule has 24 heavy (non-hydrogen) atoms. The van der Waals surface area contributed by atoms with Gasteiger partial charge >= 0.3 is 0 Å². The normalized spacial score (nSPS) is 33.7. The molecular formula is C18H27N3O3. The van der Waals surface area contributed by atoms with Crippen molar-refractivity contribution >= 4 is 5.78 Å². The summed E-state index contributed by atoms with van der Waals surface area (Å²) in [5, 5.41) is 8.73. The lowest BCUT2D eigenvalue weighted by atomic mass is 9.86. The fraction of sp³-hybridized carbons (Fsp3) is 0.833. The van der Waals surface area contributed by atoms with Crippen LogP contribution < -0.4 is 0 Å². The zero-order valence-corrected chi connectivity index (χ0v) is 14.4. The number of carbonyl (C=O) groups excluding carboxylic acids is 1. The van der Waals surface area contributed by atoms with Crippen molar-refractivity contribution in [1.82, 2.24) is 15.0 Å². The highest BCUT2D eigenvalue weighted by Crippen LogP contribution is 2.38. The zero-order valence-electron chi connectivity index (χ0n) is 14.4. The molecule has 0 unspecified atom stereocenters. The first-order valence-electron chi connectivity index (χ1n) is 9.34. The van der Waals surface area contributed by atoms with E-state index >= 15 is 0 Å². The Kier molecular flexibility index (Phi) is 4.68. The molecule has 6 nitrogen and oxygen atoms in total. The highest BCUT2D eigenvalue weighted by Gasteiger charge is 2.48. The van der Waals surface area contributed by atoms with Crippen LogP contribution in [0.5, 0.6) is 0 Å². The fourth-order valence-corrected chi connectivity index (χ4v) is 4.59. The van der Waals surface area contributed by atoms with Crippen LogP contribution in [0.1, 0.15) is 57.2 Å². The van der Waals surface area contributed by atoms with E-state index in [4.69, 9.17) is 9.47 Å². The smallest absolute Gasteiger partial charge is 0.130 e. The van der Waals surface area contributed by atoms with E-state index in [1.165, 1.54) is 32.1 Å². The summed E-state index contributed by atoms with van der Waals surface area (Å²) in [6.45, 7) is 2.83. The molecule has 0 radical (unpaired) electrons. The minimum absolute atomic E-state index is 0.00131. The van der Waals surface area contributed by atoms with E-state index in [2.05, 4.69) is 16.5 Å². The molecule has 0 N–H and O–H groups in total. The standard InChI is InChI=1S/C18H27N3O3/c1-12(22)7-14-10-23-18-16(11-24-17(14)18)21-9-15(19-20-21)8-13-5-3-2-4-6-13/h9,13-14,16-18H,2-8,10-11H2,1H3/t14-,16-,17+,18+/m0/s1. The Labute approximate surface area is 142 Å². The molecule has 1 aliphatic carbocycles. The molecule has 132 valence electrons. The first kappa shape index (κ1) is 16.2. The van der Waals surface area contributed by atoms with E-state index in [-0.39, 0.29) is 30.0 Å². The van der Waals surface area contributed by atoms with Gasteiger partial charge in [-0.25, -0.2) is 4.68 Å². The Hall–Kier alpha value is -1.27. The summed E-state index contributed by atoms with van der Waals surface area (Å²) in [6.07, 6.45) is 10.4. The Morgan fingerprint density at radius 3 is 2.79 bits per heavy atom. The molecular weight excluding hydrogens is 306 g/mol. The first-order valence-corrected chi connectivity index (χ1v) is 9.34. The van der Waals surface area contributed by atoms with Crippen molar-refractivity contribution in [1.29, 1.82) is 0 Å². The number of ether oxygens (including phenoxy) is 2. The van der Waals surface area contributed by atoms with Gasteiger partial charge in [-0.05, 0) is 19.3 Å². The molecule has 3 fully saturated rings. The number of rotatable bonds is 5. The average molecular weight is 333 g/mol. The van der Waals surface area contributed by atoms with Gasteiger partial charge in [0, 0.05) is 18.5 Å². The lowest BCUT2D eigenvalue weighted by Gasteiger charge is -2.20. The molecule has 1 aromatic rings. The minimum Gasteiger partial charge on any atom is -0.373 e. The molecule has 1 saturated carbocycles. The van der Waals surface area contributed by atoms with E-state index in [1.54, 1.807) is 6.92 Å². The van der Waals surface area contributed by atoms with E-state index in [0.717, 1.165) is 18.0 Å². The average Bonchev–Trinajstić information content (AvgIpc) is 3.26. The number of nitrogens with zero attached hydrogens (tertiary/aromatic N) is 3. The van der Waals surface area contributed by atoms with Crippen molar-refractivity contribution in [2.75, 3.05) is 13.2 Å². The Morgan fingerprint density at radius 1 is 1.21 bits per heavy atom. The number of carbonyl (C=O) groups is 1. The number of ketones is 1. The van der Waals surface area contributed by atoms with E-state index < -0.39 is 0 Å². The van der Waals surface area contributed by atoms with Gasteiger partial charge in [0.05, 0.1) is 25.0 Å². The van der Waals surface area contributed by atoms with Crippen LogP contribution >= 0.6 is 0 Å². The molecule has 1 aromatic heterocycles. The number of Topliss-reactive ketones (excluding diaryl/α,β-unsaturated/α-hetero) is 1. The van der Waals surface area contributed by atoms with Gasteiger partial charge in [0.2, 0.25) is 0 Å². The second kappa shape index (κ2) is 6.92. The van der Waals surface area contributed by atoms with Gasteiger partial charge in [-0.15, -0.1) is 5.10 Å². The van der Waals surface area contributed by atoms with Gasteiger partial charge in [0.25, 0.3) is 0 Å². The molecule has 0 bridgehead atoms. The van der Waals surface area contributed by atoms with E-state index in [1.807, 2.05) is 4.68 Å². The third-order valence-corrected chi connectivity index (χ3v) is 5.80. The van der Waals surface area contributed by atoms with Crippen molar-refractivity contribution in [3.05, 3.63) is 11.9 Å². The Morgan fingerprint density at radius 2 is 2.00 bits per heavy atom. The van der Waals surface area contributed by atoms with Gasteiger partial charge < -0.3 is 14.3 Å². The second-order valence-corrected chi connectivity index (χ2v) is 7.73. The van der Waals surface area contributed by atoms with E-state index in [9.17, 15) is 4.79 Å². The molecule has 2 saturated heterocycles. The Balaban J connectivity index is 1.39. The largest absolute Gasteiger partial charge is 0.373 e. The lowest BCUT2D eigenvalue weighted by Crippen LogP contribution is -2.28. The SMILES string of the molecule is CC(=O)C[C@H]1CO[C@H]2[C@@H]1OC[C@@H]2n1cc(CC2CCCCC2)nn1. The number of hydrogen-bond donors (Lipinski definition) is 0. The van der Waals surface area contributed by atoms with Crippen LogP contribution in [-0.4, -0.2) is 46.2 Å². The highest BCUT2D eigenvalue weighted by atomic mass is 16.6. The van der Waals surface area contributed by atoms with Gasteiger partial charge in [-0.3, -0.25) is 0 Å². The van der Waals surface area contributed by atoms with Crippen LogP contribution in [0.2, 0.25) is 0 Å². The van der Waals surface area contributed by atoms with Gasteiger partial charge in [0.1, 0.15) is 17.9 Å². The Bertz CT molecular complexity index is 582. The zero-order chi connectivity index (χ0) is 16.5. The summed E-state index contributed by atoms with van der Waals surface area (Å²) in [5.74, 6) is 1.15. The molecule has 4 rings (SSSR count). The summed E-state index contributed by atoms with van der Waals surface area (Å²) in [6, 6.07) is 0.0829. The maximum atomic E-state index is 11.4. The van der Waals surface area contributed by atoms with Gasteiger partial charge in [0.15, 0.2) is 0 Å². The third-order valence-electron chi connectivity index (χ3n) is 5.80. The molecule has 3 aliphatic rings.